The number of aromatic nitrogens is 1. The zero-order valence-corrected chi connectivity index (χ0v) is 12.6. The number of rotatable bonds is 4. The van der Waals surface area contributed by atoms with Gasteiger partial charge < -0.3 is 0 Å². The third-order valence-corrected chi connectivity index (χ3v) is 3.46. The fourth-order valence-corrected chi connectivity index (χ4v) is 2.33. The fraction of sp³-hybridized carbons (Fsp3) is 0. The number of nitrogens with zero attached hydrogens (tertiary/aromatic N) is 3. The quantitative estimate of drug-likeness (QED) is 0.441. The van der Waals surface area contributed by atoms with Gasteiger partial charge in [0.1, 0.15) is 5.69 Å². The number of anilines is 1. The number of nitro groups is 1. The Kier molecular flexibility index (Phi) is 4.16. The number of halogens is 1. The van der Waals surface area contributed by atoms with Crippen molar-refractivity contribution in [2.45, 2.75) is 0 Å². The molecule has 7 heteroatoms. The van der Waals surface area contributed by atoms with Gasteiger partial charge in [0.2, 0.25) is 0 Å². The smallest absolute Gasteiger partial charge is 0.272 e. The SMILES string of the molecule is O=[N+]([O-])c1ccc(Cl)cc1N/N=C/c1ccnc2ccccc12. The van der Waals surface area contributed by atoms with E-state index in [0.29, 0.717) is 5.02 Å². The van der Waals surface area contributed by atoms with E-state index in [9.17, 15) is 10.1 Å². The van der Waals surface area contributed by atoms with Crippen LogP contribution in [0.25, 0.3) is 10.9 Å². The highest BCUT2D eigenvalue weighted by molar-refractivity contribution is 6.31. The highest BCUT2D eigenvalue weighted by atomic mass is 35.5. The number of benzene rings is 2. The van der Waals surface area contributed by atoms with Gasteiger partial charge in [-0.2, -0.15) is 5.10 Å². The summed E-state index contributed by atoms with van der Waals surface area (Å²) in [5.41, 5.74) is 4.52. The average Bonchev–Trinajstić information content (AvgIpc) is 2.55. The van der Waals surface area contributed by atoms with Crippen molar-refractivity contribution in [1.82, 2.24) is 4.98 Å². The van der Waals surface area contributed by atoms with Crippen LogP contribution in [-0.4, -0.2) is 16.1 Å². The summed E-state index contributed by atoms with van der Waals surface area (Å²) in [6, 6.07) is 13.7. The van der Waals surface area contributed by atoms with E-state index in [1.54, 1.807) is 12.4 Å². The molecule has 0 amide bonds. The van der Waals surface area contributed by atoms with Gasteiger partial charge in [-0.15, -0.1) is 0 Å². The molecule has 0 atom stereocenters. The van der Waals surface area contributed by atoms with Crippen molar-refractivity contribution in [2.75, 3.05) is 5.43 Å². The Morgan fingerprint density at radius 1 is 1.22 bits per heavy atom. The largest absolute Gasteiger partial charge is 0.294 e. The summed E-state index contributed by atoms with van der Waals surface area (Å²) >= 11 is 5.87. The summed E-state index contributed by atoms with van der Waals surface area (Å²) in [4.78, 5) is 14.8. The number of para-hydroxylation sites is 1. The topological polar surface area (TPSA) is 80.4 Å². The second-order valence-electron chi connectivity index (χ2n) is 4.71. The lowest BCUT2D eigenvalue weighted by Gasteiger charge is -2.03. The van der Waals surface area contributed by atoms with Gasteiger partial charge in [0, 0.05) is 28.2 Å². The van der Waals surface area contributed by atoms with E-state index in [1.807, 2.05) is 30.3 Å². The molecular weight excluding hydrogens is 316 g/mol. The van der Waals surface area contributed by atoms with Crippen molar-refractivity contribution in [1.29, 1.82) is 0 Å². The number of pyridine rings is 1. The zero-order valence-electron chi connectivity index (χ0n) is 11.8. The molecule has 3 aromatic rings. The van der Waals surface area contributed by atoms with Crippen molar-refractivity contribution in [3.8, 4) is 0 Å². The van der Waals surface area contributed by atoms with Gasteiger partial charge in [0.25, 0.3) is 5.69 Å². The molecule has 23 heavy (non-hydrogen) atoms. The summed E-state index contributed by atoms with van der Waals surface area (Å²) in [5, 5.41) is 16.4. The molecule has 0 fully saturated rings. The minimum absolute atomic E-state index is 0.0915. The predicted molar refractivity (Wildman–Crippen MR) is 91.1 cm³/mol. The Labute approximate surface area is 136 Å². The number of hydrogen-bond donors (Lipinski definition) is 1. The molecule has 0 aliphatic rings. The van der Waals surface area contributed by atoms with Crippen LogP contribution >= 0.6 is 11.6 Å². The molecule has 0 saturated heterocycles. The molecule has 114 valence electrons. The average molecular weight is 327 g/mol. The monoisotopic (exact) mass is 326 g/mol. The molecule has 1 heterocycles. The van der Waals surface area contributed by atoms with Gasteiger partial charge in [-0.05, 0) is 24.3 Å². The zero-order chi connectivity index (χ0) is 16.2. The minimum Gasteiger partial charge on any atom is -0.272 e. The number of fused-ring (bicyclic) bond motifs is 1. The Morgan fingerprint density at radius 2 is 2.04 bits per heavy atom. The van der Waals surface area contributed by atoms with Gasteiger partial charge in [-0.1, -0.05) is 29.8 Å². The van der Waals surface area contributed by atoms with Crippen molar-refractivity contribution >= 4 is 40.1 Å². The fourth-order valence-electron chi connectivity index (χ4n) is 2.16. The Balaban J connectivity index is 1.89. The van der Waals surface area contributed by atoms with Gasteiger partial charge >= 0.3 is 0 Å². The van der Waals surface area contributed by atoms with Gasteiger partial charge in [0.05, 0.1) is 16.7 Å². The third kappa shape index (κ3) is 3.27. The normalized spacial score (nSPS) is 11.0. The van der Waals surface area contributed by atoms with Gasteiger partial charge in [-0.25, -0.2) is 0 Å². The second kappa shape index (κ2) is 6.41. The maximum atomic E-state index is 11.0. The lowest BCUT2D eigenvalue weighted by Crippen LogP contribution is -1.97. The first-order chi connectivity index (χ1) is 11.1. The van der Waals surface area contributed by atoms with Crippen LogP contribution in [-0.2, 0) is 0 Å². The number of nitrogens with one attached hydrogen (secondary N) is 1. The van der Waals surface area contributed by atoms with Crippen molar-refractivity contribution in [3.63, 3.8) is 0 Å². The van der Waals surface area contributed by atoms with Gasteiger partial charge in [-0.3, -0.25) is 20.5 Å². The van der Waals surface area contributed by atoms with Crippen LogP contribution in [0.2, 0.25) is 5.02 Å². The molecule has 0 unspecified atom stereocenters. The summed E-state index contributed by atoms with van der Waals surface area (Å²) in [6.07, 6.45) is 3.28. The van der Waals surface area contributed by atoms with E-state index in [0.717, 1.165) is 16.5 Å². The Hall–Kier alpha value is -2.99. The van der Waals surface area contributed by atoms with Crippen LogP contribution < -0.4 is 5.43 Å². The second-order valence-corrected chi connectivity index (χ2v) is 5.14. The van der Waals surface area contributed by atoms with Crippen molar-refractivity contribution < 1.29 is 4.92 Å². The van der Waals surface area contributed by atoms with Crippen LogP contribution in [0, 0.1) is 10.1 Å². The Bertz CT molecular complexity index is 906. The van der Waals surface area contributed by atoms with Crippen LogP contribution in [0.1, 0.15) is 5.56 Å². The molecule has 0 spiro atoms. The van der Waals surface area contributed by atoms with Crippen LogP contribution in [0.4, 0.5) is 11.4 Å². The van der Waals surface area contributed by atoms with Crippen LogP contribution in [0.3, 0.4) is 0 Å². The van der Waals surface area contributed by atoms with E-state index in [-0.39, 0.29) is 11.4 Å². The van der Waals surface area contributed by atoms with E-state index in [4.69, 9.17) is 11.6 Å². The summed E-state index contributed by atoms with van der Waals surface area (Å²) in [7, 11) is 0. The summed E-state index contributed by atoms with van der Waals surface area (Å²) in [5.74, 6) is 0. The van der Waals surface area contributed by atoms with Gasteiger partial charge in [0.15, 0.2) is 0 Å². The number of nitro benzene ring substituents is 1. The first-order valence-electron chi connectivity index (χ1n) is 6.72. The minimum atomic E-state index is -0.490. The molecule has 2 aromatic carbocycles. The van der Waals surface area contributed by atoms with E-state index >= 15 is 0 Å². The molecule has 0 radical (unpaired) electrons. The number of hydrogen-bond acceptors (Lipinski definition) is 5. The first kappa shape index (κ1) is 14.9. The number of hydrazone groups is 1. The van der Waals surface area contributed by atoms with Crippen molar-refractivity contribution in [2.24, 2.45) is 5.10 Å². The molecule has 0 bridgehead atoms. The Morgan fingerprint density at radius 3 is 2.87 bits per heavy atom. The maximum absolute atomic E-state index is 11.0. The lowest BCUT2D eigenvalue weighted by atomic mass is 10.1. The summed E-state index contributed by atoms with van der Waals surface area (Å²) in [6.45, 7) is 0. The standard InChI is InChI=1S/C16H11ClN4O2/c17-12-5-6-16(21(22)23)15(9-12)20-19-10-11-7-8-18-14-4-2-1-3-13(11)14/h1-10,20H/b19-10+. The predicted octanol–water partition coefficient (Wildman–Crippen LogP) is 4.24. The summed E-state index contributed by atoms with van der Waals surface area (Å²) < 4.78 is 0. The van der Waals surface area contributed by atoms with E-state index in [1.165, 1.54) is 18.2 Å². The molecule has 6 nitrogen and oxygen atoms in total. The molecule has 0 saturated carbocycles. The molecule has 0 aliphatic carbocycles. The molecule has 1 N–H and O–H groups in total. The van der Waals surface area contributed by atoms with Crippen LogP contribution in [0.5, 0.6) is 0 Å². The highest BCUT2D eigenvalue weighted by Gasteiger charge is 2.13. The maximum Gasteiger partial charge on any atom is 0.294 e. The first-order valence-corrected chi connectivity index (χ1v) is 7.10. The molecule has 3 rings (SSSR count). The third-order valence-electron chi connectivity index (χ3n) is 3.23. The molecule has 1 aromatic heterocycles. The highest BCUT2D eigenvalue weighted by Crippen LogP contribution is 2.27. The lowest BCUT2D eigenvalue weighted by molar-refractivity contribution is -0.384. The molecular formula is C16H11ClN4O2. The van der Waals surface area contributed by atoms with Crippen LogP contribution in [0.15, 0.2) is 59.8 Å². The van der Waals surface area contributed by atoms with E-state index < -0.39 is 4.92 Å². The van der Waals surface area contributed by atoms with E-state index in [2.05, 4.69) is 15.5 Å². The molecule has 0 aliphatic heterocycles. The van der Waals surface area contributed by atoms with Crippen molar-refractivity contribution in [3.05, 3.63) is 75.4 Å².